The van der Waals surface area contributed by atoms with Crippen LogP contribution in [-0.2, 0) is 4.79 Å². The van der Waals surface area contributed by atoms with Crippen molar-refractivity contribution in [2.24, 2.45) is 17.8 Å². The van der Waals surface area contributed by atoms with Crippen molar-refractivity contribution in [3.63, 3.8) is 0 Å². The smallest absolute Gasteiger partial charge is 0.224 e. The van der Waals surface area contributed by atoms with Gasteiger partial charge in [0.05, 0.1) is 6.07 Å². The topological polar surface area (TPSA) is 52.9 Å². The van der Waals surface area contributed by atoms with Gasteiger partial charge < -0.3 is 5.32 Å². The third kappa shape index (κ3) is 1.75. The van der Waals surface area contributed by atoms with Crippen LogP contribution in [0.1, 0.15) is 33.1 Å². The molecule has 0 radical (unpaired) electrons. The molecule has 0 spiro atoms. The Balaban J connectivity index is 1.87. The van der Waals surface area contributed by atoms with Crippen LogP contribution in [0.3, 0.4) is 0 Å². The van der Waals surface area contributed by atoms with Crippen LogP contribution in [-0.4, -0.2) is 11.4 Å². The second kappa shape index (κ2) is 2.98. The molecule has 2 unspecified atom stereocenters. The van der Waals surface area contributed by atoms with Crippen LogP contribution in [0.2, 0.25) is 0 Å². The Kier molecular flexibility index (Phi) is 2.02. The van der Waals surface area contributed by atoms with Crippen LogP contribution >= 0.6 is 0 Å². The van der Waals surface area contributed by atoms with E-state index in [-0.39, 0.29) is 11.8 Å². The summed E-state index contributed by atoms with van der Waals surface area (Å²) in [4.78, 5) is 11.7. The Labute approximate surface area is 84.5 Å². The van der Waals surface area contributed by atoms with E-state index in [2.05, 4.69) is 11.4 Å². The fourth-order valence-corrected chi connectivity index (χ4v) is 2.37. The lowest BCUT2D eigenvalue weighted by Crippen LogP contribution is -2.44. The number of fused-ring (bicyclic) bond motifs is 1. The number of nitrogens with zero attached hydrogens (tertiary/aromatic N) is 1. The molecule has 0 heterocycles. The zero-order chi connectivity index (χ0) is 10.3. The predicted molar refractivity (Wildman–Crippen MR) is 52.2 cm³/mol. The van der Waals surface area contributed by atoms with E-state index in [0.29, 0.717) is 0 Å². The van der Waals surface area contributed by atoms with E-state index in [1.807, 2.05) is 0 Å². The summed E-state index contributed by atoms with van der Waals surface area (Å²) in [5.41, 5.74) is -0.718. The van der Waals surface area contributed by atoms with Crippen molar-refractivity contribution in [2.75, 3.05) is 0 Å². The van der Waals surface area contributed by atoms with E-state index in [4.69, 9.17) is 5.26 Å². The molecule has 3 nitrogen and oxygen atoms in total. The molecule has 3 heteroatoms. The van der Waals surface area contributed by atoms with Gasteiger partial charge in [-0.1, -0.05) is 0 Å². The van der Waals surface area contributed by atoms with E-state index >= 15 is 0 Å². The average Bonchev–Trinajstić information content (AvgIpc) is 2.73. The highest BCUT2D eigenvalue weighted by molar-refractivity contribution is 5.80. The van der Waals surface area contributed by atoms with E-state index in [0.717, 1.165) is 24.7 Å². The van der Waals surface area contributed by atoms with E-state index < -0.39 is 5.54 Å². The molecule has 0 bridgehead atoms. The first-order valence-corrected chi connectivity index (χ1v) is 5.25. The Bertz CT molecular complexity index is 293. The van der Waals surface area contributed by atoms with Gasteiger partial charge in [-0.2, -0.15) is 5.26 Å². The third-order valence-electron chi connectivity index (χ3n) is 3.33. The normalized spacial score (nSPS) is 34.5. The van der Waals surface area contributed by atoms with Crippen molar-refractivity contribution >= 4 is 5.91 Å². The zero-order valence-corrected chi connectivity index (χ0v) is 8.71. The Morgan fingerprint density at radius 1 is 1.36 bits per heavy atom. The first kappa shape index (κ1) is 9.51. The zero-order valence-electron chi connectivity index (χ0n) is 8.71. The summed E-state index contributed by atoms with van der Waals surface area (Å²) in [6, 6.07) is 2.09. The van der Waals surface area contributed by atoms with Crippen molar-refractivity contribution in [3.8, 4) is 6.07 Å². The van der Waals surface area contributed by atoms with E-state index in [1.165, 1.54) is 6.42 Å². The second-order valence-corrected chi connectivity index (χ2v) is 5.15. The molecule has 2 aliphatic carbocycles. The largest absolute Gasteiger partial charge is 0.338 e. The number of carbonyl (C=O) groups is 1. The standard InChI is InChI=1S/C11H16N2O/c1-11(2,6-12)13-10(14)9-4-7-3-8(7)5-9/h7-9H,3-5H2,1-2H3,(H,13,14). The summed E-state index contributed by atoms with van der Waals surface area (Å²) < 4.78 is 0. The van der Waals surface area contributed by atoms with Crippen LogP contribution in [0.15, 0.2) is 0 Å². The quantitative estimate of drug-likeness (QED) is 0.720. The lowest BCUT2D eigenvalue weighted by atomic mass is 10.00. The van der Waals surface area contributed by atoms with Gasteiger partial charge in [-0.3, -0.25) is 4.79 Å². The number of hydrogen-bond donors (Lipinski definition) is 1. The molecule has 1 amide bonds. The molecular formula is C11H16N2O. The maximum Gasteiger partial charge on any atom is 0.224 e. The number of amides is 1. The molecule has 14 heavy (non-hydrogen) atoms. The summed E-state index contributed by atoms with van der Waals surface area (Å²) in [5.74, 6) is 1.88. The van der Waals surface area contributed by atoms with Crippen molar-refractivity contribution in [1.29, 1.82) is 5.26 Å². The maximum absolute atomic E-state index is 11.7. The predicted octanol–water partition coefficient (Wildman–Crippen LogP) is 1.45. The van der Waals surface area contributed by atoms with Gasteiger partial charge in [0.15, 0.2) is 0 Å². The Morgan fingerprint density at radius 3 is 2.43 bits per heavy atom. The van der Waals surface area contributed by atoms with Crippen LogP contribution in [0.4, 0.5) is 0 Å². The lowest BCUT2D eigenvalue weighted by molar-refractivity contribution is -0.126. The van der Waals surface area contributed by atoms with Gasteiger partial charge in [0.25, 0.3) is 0 Å². The van der Waals surface area contributed by atoms with E-state index in [9.17, 15) is 4.79 Å². The molecule has 0 aromatic heterocycles. The van der Waals surface area contributed by atoms with Crippen LogP contribution in [0, 0.1) is 29.1 Å². The molecule has 2 fully saturated rings. The van der Waals surface area contributed by atoms with Crippen molar-refractivity contribution < 1.29 is 4.79 Å². The van der Waals surface area contributed by atoms with Gasteiger partial charge in [0, 0.05) is 5.92 Å². The Morgan fingerprint density at radius 2 is 1.93 bits per heavy atom. The fraction of sp³-hybridized carbons (Fsp3) is 0.818. The molecule has 2 aliphatic rings. The van der Waals surface area contributed by atoms with Crippen molar-refractivity contribution in [3.05, 3.63) is 0 Å². The van der Waals surface area contributed by atoms with E-state index in [1.54, 1.807) is 13.8 Å². The van der Waals surface area contributed by atoms with Gasteiger partial charge in [-0.15, -0.1) is 0 Å². The number of nitriles is 1. The van der Waals surface area contributed by atoms with Gasteiger partial charge >= 0.3 is 0 Å². The minimum atomic E-state index is -0.718. The summed E-state index contributed by atoms with van der Waals surface area (Å²) in [7, 11) is 0. The molecule has 0 aromatic rings. The summed E-state index contributed by atoms with van der Waals surface area (Å²) in [6.45, 7) is 3.47. The first-order chi connectivity index (χ1) is 6.52. The van der Waals surface area contributed by atoms with Gasteiger partial charge in [0.1, 0.15) is 5.54 Å². The first-order valence-electron chi connectivity index (χ1n) is 5.25. The fourth-order valence-electron chi connectivity index (χ4n) is 2.37. The van der Waals surface area contributed by atoms with Crippen molar-refractivity contribution in [2.45, 2.75) is 38.6 Å². The molecule has 1 N–H and O–H groups in total. The lowest BCUT2D eigenvalue weighted by Gasteiger charge is -2.20. The average molecular weight is 192 g/mol. The Hall–Kier alpha value is -1.04. The summed E-state index contributed by atoms with van der Waals surface area (Å²) in [5, 5.41) is 11.6. The highest BCUT2D eigenvalue weighted by Gasteiger charge is 2.48. The van der Waals surface area contributed by atoms with Gasteiger partial charge in [0.2, 0.25) is 5.91 Å². The molecule has 2 saturated carbocycles. The highest BCUT2D eigenvalue weighted by atomic mass is 16.2. The number of carbonyl (C=O) groups excluding carboxylic acids is 1. The minimum Gasteiger partial charge on any atom is -0.338 e. The maximum atomic E-state index is 11.7. The second-order valence-electron chi connectivity index (χ2n) is 5.15. The van der Waals surface area contributed by atoms with Gasteiger partial charge in [-0.05, 0) is 44.9 Å². The number of rotatable bonds is 2. The third-order valence-corrected chi connectivity index (χ3v) is 3.33. The highest BCUT2D eigenvalue weighted by Crippen LogP contribution is 2.54. The molecule has 0 saturated heterocycles. The van der Waals surface area contributed by atoms with Crippen LogP contribution < -0.4 is 5.32 Å². The molecular weight excluding hydrogens is 176 g/mol. The summed E-state index contributed by atoms with van der Waals surface area (Å²) >= 11 is 0. The van der Waals surface area contributed by atoms with Crippen LogP contribution in [0.25, 0.3) is 0 Å². The molecule has 76 valence electrons. The molecule has 2 rings (SSSR count). The minimum absolute atomic E-state index is 0.0729. The SMILES string of the molecule is CC(C)(C#N)NC(=O)C1CC2CC2C1. The monoisotopic (exact) mass is 192 g/mol. The molecule has 0 aliphatic heterocycles. The number of hydrogen-bond acceptors (Lipinski definition) is 2. The summed E-state index contributed by atoms with van der Waals surface area (Å²) in [6.07, 6.45) is 3.40. The molecule has 2 atom stereocenters. The van der Waals surface area contributed by atoms with Crippen LogP contribution in [0.5, 0.6) is 0 Å². The van der Waals surface area contributed by atoms with Gasteiger partial charge in [-0.25, -0.2) is 0 Å². The number of nitrogens with one attached hydrogen (secondary N) is 1. The molecule has 0 aromatic carbocycles. The van der Waals surface area contributed by atoms with Crippen molar-refractivity contribution in [1.82, 2.24) is 5.32 Å².